The van der Waals surface area contributed by atoms with Crippen molar-refractivity contribution in [1.29, 1.82) is 0 Å². The van der Waals surface area contributed by atoms with Crippen molar-refractivity contribution in [3.63, 3.8) is 0 Å². The maximum absolute atomic E-state index is 12.4. The molecule has 0 heterocycles. The number of esters is 1. The van der Waals surface area contributed by atoms with E-state index in [1.165, 1.54) is 31.4 Å². The van der Waals surface area contributed by atoms with E-state index in [1.54, 1.807) is 0 Å². The zero-order valence-electron chi connectivity index (χ0n) is 8.84. The van der Waals surface area contributed by atoms with Crippen LogP contribution in [0.5, 0.6) is 0 Å². The number of benzene rings is 1. The zero-order chi connectivity index (χ0) is 12.3. The second-order valence-corrected chi connectivity index (χ2v) is 3.38. The standard InChI is InChI=1S/C11H11F3O2/c1-7(11(12,13)14)8-3-5-9(6-4-8)10(15)16-2/h3-7H,1-2H3. The summed E-state index contributed by atoms with van der Waals surface area (Å²) in [5.74, 6) is -2.11. The fraction of sp³-hybridized carbons (Fsp3) is 0.364. The first-order valence-corrected chi connectivity index (χ1v) is 4.61. The van der Waals surface area contributed by atoms with Gasteiger partial charge in [0.05, 0.1) is 18.6 Å². The van der Waals surface area contributed by atoms with Crippen molar-refractivity contribution in [1.82, 2.24) is 0 Å². The highest BCUT2D eigenvalue weighted by atomic mass is 19.4. The summed E-state index contributed by atoms with van der Waals surface area (Å²) in [5.41, 5.74) is 0.362. The Bertz CT molecular complexity index is 368. The van der Waals surface area contributed by atoms with E-state index in [2.05, 4.69) is 4.74 Å². The molecule has 0 bridgehead atoms. The number of hydrogen-bond donors (Lipinski definition) is 0. The van der Waals surface area contributed by atoms with Gasteiger partial charge in [-0.15, -0.1) is 0 Å². The van der Waals surface area contributed by atoms with Gasteiger partial charge in [-0.3, -0.25) is 0 Å². The van der Waals surface area contributed by atoms with Gasteiger partial charge in [-0.2, -0.15) is 13.2 Å². The molecule has 1 atom stereocenters. The molecule has 0 amide bonds. The topological polar surface area (TPSA) is 26.3 Å². The van der Waals surface area contributed by atoms with Gasteiger partial charge >= 0.3 is 12.1 Å². The van der Waals surface area contributed by atoms with Gasteiger partial charge in [0.1, 0.15) is 0 Å². The minimum absolute atomic E-state index is 0.125. The molecule has 1 rings (SSSR count). The van der Waals surface area contributed by atoms with Crippen LogP contribution in [0, 0.1) is 0 Å². The Hall–Kier alpha value is -1.52. The lowest BCUT2D eigenvalue weighted by Gasteiger charge is -2.15. The van der Waals surface area contributed by atoms with Gasteiger partial charge in [-0.1, -0.05) is 12.1 Å². The molecule has 0 radical (unpaired) electrons. The van der Waals surface area contributed by atoms with Crippen LogP contribution in [0.25, 0.3) is 0 Å². The number of ether oxygens (including phenoxy) is 1. The highest BCUT2D eigenvalue weighted by Gasteiger charge is 2.36. The van der Waals surface area contributed by atoms with Gasteiger partial charge in [-0.25, -0.2) is 4.79 Å². The van der Waals surface area contributed by atoms with Crippen molar-refractivity contribution in [3.05, 3.63) is 35.4 Å². The third-order valence-electron chi connectivity index (χ3n) is 2.32. The Kier molecular flexibility index (Phi) is 3.57. The highest BCUT2D eigenvalue weighted by Crippen LogP contribution is 2.34. The lowest BCUT2D eigenvalue weighted by Crippen LogP contribution is -2.17. The first kappa shape index (κ1) is 12.5. The van der Waals surface area contributed by atoms with Crippen LogP contribution in [0.3, 0.4) is 0 Å². The summed E-state index contributed by atoms with van der Waals surface area (Å²) in [5, 5.41) is 0. The fourth-order valence-corrected chi connectivity index (χ4v) is 1.21. The predicted octanol–water partition coefficient (Wildman–Crippen LogP) is 3.14. The monoisotopic (exact) mass is 232 g/mol. The molecule has 2 nitrogen and oxygen atoms in total. The number of carbonyl (C=O) groups excluding carboxylic acids is 1. The third-order valence-corrected chi connectivity index (χ3v) is 2.32. The Morgan fingerprint density at radius 1 is 1.25 bits per heavy atom. The maximum Gasteiger partial charge on any atom is 0.395 e. The van der Waals surface area contributed by atoms with Crippen LogP contribution in [0.4, 0.5) is 13.2 Å². The Balaban J connectivity index is 2.91. The molecule has 0 saturated carbocycles. The summed E-state index contributed by atoms with van der Waals surface area (Å²) in [6.45, 7) is 1.08. The van der Waals surface area contributed by atoms with Crippen LogP contribution < -0.4 is 0 Å². The number of carbonyl (C=O) groups is 1. The first-order valence-electron chi connectivity index (χ1n) is 4.61. The normalized spacial score (nSPS) is 13.3. The minimum Gasteiger partial charge on any atom is -0.465 e. The van der Waals surface area contributed by atoms with Gasteiger partial charge in [0.25, 0.3) is 0 Å². The molecular weight excluding hydrogens is 221 g/mol. The molecule has 0 aliphatic carbocycles. The molecule has 1 aromatic carbocycles. The van der Waals surface area contributed by atoms with E-state index in [0.29, 0.717) is 0 Å². The van der Waals surface area contributed by atoms with Crippen LogP contribution in [-0.4, -0.2) is 19.3 Å². The Morgan fingerprint density at radius 2 is 1.75 bits per heavy atom. The summed E-state index contributed by atoms with van der Waals surface area (Å²) in [6.07, 6.45) is -4.27. The molecule has 5 heteroatoms. The van der Waals surface area contributed by atoms with Crippen molar-refractivity contribution < 1.29 is 22.7 Å². The van der Waals surface area contributed by atoms with Crippen molar-refractivity contribution in [2.75, 3.05) is 7.11 Å². The van der Waals surface area contributed by atoms with Crippen molar-refractivity contribution in [2.45, 2.75) is 19.0 Å². The molecule has 16 heavy (non-hydrogen) atoms. The van der Waals surface area contributed by atoms with E-state index in [4.69, 9.17) is 0 Å². The summed E-state index contributed by atoms with van der Waals surface area (Å²) in [6, 6.07) is 5.21. The Morgan fingerprint density at radius 3 is 2.12 bits per heavy atom. The minimum atomic E-state index is -4.27. The molecule has 88 valence electrons. The molecule has 0 saturated heterocycles. The van der Waals surface area contributed by atoms with Gasteiger partial charge < -0.3 is 4.74 Å². The van der Waals surface area contributed by atoms with Gasteiger partial charge in [0, 0.05) is 0 Å². The number of alkyl halides is 3. The maximum atomic E-state index is 12.4. The van der Waals surface area contributed by atoms with Crippen molar-refractivity contribution >= 4 is 5.97 Å². The van der Waals surface area contributed by atoms with Crippen LogP contribution in [0.2, 0.25) is 0 Å². The van der Waals surface area contributed by atoms with Gasteiger partial charge in [0.2, 0.25) is 0 Å². The summed E-state index contributed by atoms with van der Waals surface area (Å²) in [7, 11) is 1.22. The second kappa shape index (κ2) is 4.55. The number of hydrogen-bond acceptors (Lipinski definition) is 2. The molecule has 1 aromatic rings. The molecule has 0 aliphatic rings. The van der Waals surface area contributed by atoms with E-state index >= 15 is 0 Å². The predicted molar refractivity (Wildman–Crippen MR) is 52.3 cm³/mol. The lowest BCUT2D eigenvalue weighted by atomic mass is 9.99. The van der Waals surface area contributed by atoms with Crippen molar-refractivity contribution in [3.8, 4) is 0 Å². The number of methoxy groups -OCH3 is 1. The summed E-state index contributed by atoms with van der Waals surface area (Å²) in [4.78, 5) is 11.0. The number of halogens is 3. The fourth-order valence-electron chi connectivity index (χ4n) is 1.21. The smallest absolute Gasteiger partial charge is 0.395 e. The van der Waals surface area contributed by atoms with Crippen LogP contribution in [0.1, 0.15) is 28.8 Å². The quantitative estimate of drug-likeness (QED) is 0.732. The molecule has 0 N–H and O–H groups in total. The van der Waals surface area contributed by atoms with E-state index in [9.17, 15) is 18.0 Å². The largest absolute Gasteiger partial charge is 0.465 e. The average molecular weight is 232 g/mol. The SMILES string of the molecule is COC(=O)c1ccc(C(C)C(F)(F)F)cc1. The molecular formula is C11H11F3O2. The molecule has 0 aliphatic heterocycles. The molecule has 0 fully saturated rings. The van der Waals surface area contributed by atoms with Gasteiger partial charge in [-0.05, 0) is 24.6 Å². The second-order valence-electron chi connectivity index (χ2n) is 3.38. The van der Waals surface area contributed by atoms with Crippen LogP contribution in [0.15, 0.2) is 24.3 Å². The van der Waals surface area contributed by atoms with Crippen LogP contribution in [-0.2, 0) is 4.74 Å². The van der Waals surface area contributed by atoms with Gasteiger partial charge in [0.15, 0.2) is 0 Å². The molecule has 0 aromatic heterocycles. The molecule has 1 unspecified atom stereocenters. The highest BCUT2D eigenvalue weighted by molar-refractivity contribution is 5.89. The Labute approximate surface area is 91.0 Å². The average Bonchev–Trinajstić information content (AvgIpc) is 2.26. The van der Waals surface area contributed by atoms with Crippen LogP contribution >= 0.6 is 0 Å². The third kappa shape index (κ3) is 2.74. The summed E-state index contributed by atoms with van der Waals surface area (Å²) >= 11 is 0. The summed E-state index contributed by atoms with van der Waals surface area (Å²) < 4.78 is 41.5. The zero-order valence-corrected chi connectivity index (χ0v) is 8.84. The lowest BCUT2D eigenvalue weighted by molar-refractivity contribution is -0.146. The first-order chi connectivity index (χ1) is 7.36. The van der Waals surface area contributed by atoms with Crippen molar-refractivity contribution in [2.24, 2.45) is 0 Å². The van der Waals surface area contributed by atoms with E-state index in [1.807, 2.05) is 0 Å². The van der Waals surface area contributed by atoms with E-state index in [-0.39, 0.29) is 11.1 Å². The van der Waals surface area contributed by atoms with E-state index in [0.717, 1.165) is 6.92 Å². The number of rotatable bonds is 2. The molecule has 0 spiro atoms. The van der Waals surface area contributed by atoms with E-state index < -0.39 is 18.1 Å².